The summed E-state index contributed by atoms with van der Waals surface area (Å²) in [6.07, 6.45) is 8.45. The zero-order valence-electron chi connectivity index (χ0n) is 18.7. The Labute approximate surface area is 182 Å². The Hall–Kier alpha value is -1.69. The number of aliphatic hydroxyl groups is 1. The zero-order chi connectivity index (χ0) is 22.3. The van der Waals surface area contributed by atoms with Crippen LogP contribution >= 0.6 is 0 Å². The first kappa shape index (κ1) is 23.0. The molecule has 0 aliphatic heterocycles. The van der Waals surface area contributed by atoms with Crippen molar-refractivity contribution in [3.8, 4) is 0 Å². The molecule has 2 fully saturated rings. The van der Waals surface area contributed by atoms with E-state index < -0.39 is 27.8 Å². The van der Waals surface area contributed by atoms with Crippen LogP contribution in [0.25, 0.3) is 0 Å². The monoisotopic (exact) mass is 433 g/mol. The van der Waals surface area contributed by atoms with Crippen molar-refractivity contribution in [2.24, 2.45) is 22.7 Å². The highest BCUT2D eigenvalue weighted by Crippen LogP contribution is 2.64. The number of hydrogen-bond donors (Lipinski definition) is 2. The van der Waals surface area contributed by atoms with Crippen molar-refractivity contribution in [3.05, 3.63) is 35.3 Å². The summed E-state index contributed by atoms with van der Waals surface area (Å²) < 4.78 is 11.3. The molecule has 3 rings (SSSR count). The molecule has 0 aromatic rings. The largest absolute Gasteiger partial charge is 0.505 e. The van der Waals surface area contributed by atoms with Crippen molar-refractivity contribution in [2.75, 3.05) is 18.6 Å². The van der Waals surface area contributed by atoms with Crippen molar-refractivity contribution in [3.63, 3.8) is 0 Å². The van der Waals surface area contributed by atoms with Crippen LogP contribution in [0.3, 0.4) is 0 Å². The quantitative estimate of drug-likeness (QED) is 0.286. The Morgan fingerprint density at radius 1 is 1.30 bits per heavy atom. The van der Waals surface area contributed by atoms with Crippen molar-refractivity contribution < 1.29 is 18.9 Å². The van der Waals surface area contributed by atoms with Gasteiger partial charge in [-0.2, -0.15) is 0 Å². The van der Waals surface area contributed by atoms with E-state index in [4.69, 9.17) is 0 Å². The molecule has 2 N–H and O–H groups in total. The maximum absolute atomic E-state index is 13.1. The molecule has 1 unspecified atom stereocenters. The summed E-state index contributed by atoms with van der Waals surface area (Å²) in [5, 5.41) is 14.3. The van der Waals surface area contributed by atoms with Crippen molar-refractivity contribution in [1.29, 1.82) is 0 Å². The molecule has 2 saturated carbocycles. The van der Waals surface area contributed by atoms with E-state index in [9.17, 15) is 18.9 Å². The molecule has 0 amide bonds. The smallest absolute Gasteiger partial charge is 0.233 e. The Bertz CT molecular complexity index is 857. The summed E-state index contributed by atoms with van der Waals surface area (Å²) in [5.74, 6) is -0.390. The lowest BCUT2D eigenvalue weighted by molar-refractivity contribution is -0.134. The topological polar surface area (TPSA) is 83.5 Å². The Kier molecular flexibility index (Phi) is 6.47. The average Bonchev–Trinajstić information content (AvgIpc) is 2.68. The van der Waals surface area contributed by atoms with Crippen LogP contribution in [0.4, 0.5) is 0 Å². The van der Waals surface area contributed by atoms with Crippen LogP contribution in [0.5, 0.6) is 0 Å². The van der Waals surface area contributed by atoms with Crippen molar-refractivity contribution in [2.45, 2.75) is 59.3 Å². The molecule has 0 radical (unpaired) electrons. The van der Waals surface area contributed by atoms with Crippen LogP contribution in [0.1, 0.15) is 59.3 Å². The lowest BCUT2D eigenvalue weighted by Crippen LogP contribution is -2.53. The molecule has 5 atom stereocenters. The van der Waals surface area contributed by atoms with Gasteiger partial charge in [0.15, 0.2) is 0 Å². The summed E-state index contributed by atoms with van der Waals surface area (Å²) in [6.45, 7) is 11.3. The van der Waals surface area contributed by atoms with E-state index >= 15 is 0 Å². The SMILES string of the molecule is C=C1CCC[C@H]2[C@](C)(C3=C(O)C(NCCCS(C)=O)=CC(=O)C3=O)[C@@H](C)CC[C@]12C. The molecule has 30 heavy (non-hydrogen) atoms. The standard InChI is InChI=1S/C24H35NO4S/c1-15-8-6-9-19-23(15,3)11-10-16(2)24(19,4)20-21(27)17(14-18(26)22(20)28)25-12-7-13-30(5)29/h14,16,19,25,27H,1,6-13H2,2-5H3/t16-,19+,23+,24+,30?/m0/s1. The van der Waals surface area contributed by atoms with Gasteiger partial charge in [0.2, 0.25) is 11.6 Å². The number of ketones is 2. The summed E-state index contributed by atoms with van der Waals surface area (Å²) >= 11 is 0. The van der Waals surface area contributed by atoms with Crippen LogP contribution in [0.15, 0.2) is 35.3 Å². The molecular formula is C24H35NO4S. The summed E-state index contributed by atoms with van der Waals surface area (Å²) in [7, 11) is -0.892. The number of allylic oxidation sites excluding steroid dienone is 3. The Morgan fingerprint density at radius 2 is 2.00 bits per heavy atom. The van der Waals surface area contributed by atoms with Gasteiger partial charge in [-0.05, 0) is 55.8 Å². The molecule has 5 nitrogen and oxygen atoms in total. The number of carbonyl (C=O) groups is 2. The molecule has 0 aromatic carbocycles. The highest BCUT2D eigenvalue weighted by atomic mass is 32.2. The number of aliphatic hydroxyl groups excluding tert-OH is 1. The van der Waals surface area contributed by atoms with Crippen molar-refractivity contribution >= 4 is 22.4 Å². The van der Waals surface area contributed by atoms with E-state index in [-0.39, 0.29) is 28.6 Å². The van der Waals surface area contributed by atoms with Crippen LogP contribution in [-0.2, 0) is 20.4 Å². The number of carbonyl (C=O) groups excluding carboxylic acids is 2. The fraction of sp³-hybridized carbons (Fsp3) is 0.667. The van der Waals surface area contributed by atoms with Gasteiger partial charge in [0.25, 0.3) is 0 Å². The van der Waals surface area contributed by atoms with E-state index in [0.717, 1.165) is 32.1 Å². The molecule has 6 heteroatoms. The summed E-state index contributed by atoms with van der Waals surface area (Å²) in [6, 6.07) is 0. The Morgan fingerprint density at radius 3 is 2.67 bits per heavy atom. The van der Waals surface area contributed by atoms with E-state index in [1.54, 1.807) is 6.26 Å². The molecule has 0 bridgehead atoms. The molecule has 0 saturated heterocycles. The van der Waals surface area contributed by atoms with Crippen molar-refractivity contribution in [1.82, 2.24) is 5.32 Å². The highest BCUT2D eigenvalue weighted by molar-refractivity contribution is 7.84. The third-order valence-electron chi connectivity index (χ3n) is 8.07. The first-order valence-corrected chi connectivity index (χ1v) is 12.7. The van der Waals surface area contributed by atoms with Gasteiger partial charge in [-0.15, -0.1) is 0 Å². The molecule has 0 aromatic heterocycles. The third-order valence-corrected chi connectivity index (χ3v) is 8.94. The predicted octanol–water partition coefficient (Wildman–Crippen LogP) is 3.99. The van der Waals surface area contributed by atoms with E-state index in [2.05, 4.69) is 32.7 Å². The van der Waals surface area contributed by atoms with Gasteiger partial charge >= 0.3 is 0 Å². The van der Waals surface area contributed by atoms with Gasteiger partial charge in [0.05, 0.1) is 11.3 Å². The lowest BCUT2D eigenvalue weighted by Gasteiger charge is -2.59. The minimum absolute atomic E-state index is 0.0872. The number of rotatable bonds is 6. The third kappa shape index (κ3) is 3.72. The molecule has 3 aliphatic carbocycles. The van der Waals surface area contributed by atoms with Crippen LogP contribution in [0, 0.1) is 22.7 Å². The molecular weight excluding hydrogens is 398 g/mol. The highest BCUT2D eigenvalue weighted by Gasteiger charge is 2.58. The number of nitrogens with one attached hydrogen (secondary N) is 1. The molecule has 3 aliphatic rings. The average molecular weight is 434 g/mol. The minimum Gasteiger partial charge on any atom is -0.505 e. The Balaban J connectivity index is 2.01. The summed E-state index contributed by atoms with van der Waals surface area (Å²) in [5.41, 5.74) is 1.13. The lowest BCUT2D eigenvalue weighted by atomic mass is 9.44. The fourth-order valence-electron chi connectivity index (χ4n) is 6.03. The van der Waals surface area contributed by atoms with E-state index in [1.807, 2.05) is 0 Å². The predicted molar refractivity (Wildman–Crippen MR) is 120 cm³/mol. The molecule has 166 valence electrons. The summed E-state index contributed by atoms with van der Waals surface area (Å²) in [4.78, 5) is 25.7. The first-order chi connectivity index (χ1) is 14.0. The first-order valence-electron chi connectivity index (χ1n) is 11.0. The zero-order valence-corrected chi connectivity index (χ0v) is 19.5. The van der Waals surface area contributed by atoms with Gasteiger partial charge in [0, 0.05) is 40.8 Å². The maximum Gasteiger partial charge on any atom is 0.233 e. The van der Waals surface area contributed by atoms with Gasteiger partial charge in [-0.25, -0.2) is 0 Å². The second-order valence-electron chi connectivity index (χ2n) is 9.72. The maximum atomic E-state index is 13.1. The molecule has 0 spiro atoms. The minimum atomic E-state index is -0.892. The number of Topliss-reactive ketones (excluding diaryl/α,β-unsaturated/α-hetero) is 1. The fourth-order valence-corrected chi connectivity index (χ4v) is 6.58. The van der Waals surface area contributed by atoms with Gasteiger partial charge in [-0.3, -0.25) is 13.8 Å². The second-order valence-corrected chi connectivity index (χ2v) is 11.3. The molecule has 0 heterocycles. The second kappa shape index (κ2) is 8.45. The van der Waals surface area contributed by atoms with E-state index in [1.165, 1.54) is 11.6 Å². The van der Waals surface area contributed by atoms with Crippen LogP contribution in [0.2, 0.25) is 0 Å². The normalized spacial score (nSPS) is 35.7. The number of fused-ring (bicyclic) bond motifs is 1. The van der Waals surface area contributed by atoms with Gasteiger partial charge < -0.3 is 10.4 Å². The van der Waals surface area contributed by atoms with E-state index in [0.29, 0.717) is 24.4 Å². The van der Waals surface area contributed by atoms with Crippen LogP contribution in [-0.4, -0.2) is 39.4 Å². The number of hydrogen-bond acceptors (Lipinski definition) is 5. The van der Waals surface area contributed by atoms with Crippen LogP contribution < -0.4 is 5.32 Å². The van der Waals surface area contributed by atoms with Gasteiger partial charge in [-0.1, -0.05) is 32.9 Å². The van der Waals surface area contributed by atoms with Gasteiger partial charge in [0.1, 0.15) is 5.76 Å².